The number of aromatic hydroxyl groups is 9. The van der Waals surface area contributed by atoms with Gasteiger partial charge >= 0.3 is 5.97 Å². The topological polar surface area (TPSA) is 317 Å². The number of carbonyl (C=O) groups excluding carboxylic acids is 1. The normalized spacial score (nSPS) is 25.4. The number of rotatable bonds is 4. The molecule has 2 heterocycles. The second kappa shape index (κ2) is 11.5. The molecule has 2 aliphatic heterocycles. The molecule has 2 aliphatic rings. The highest BCUT2D eigenvalue weighted by Gasteiger charge is 2.51. The largest absolute Gasteiger partial charge is 0.504 e. The lowest BCUT2D eigenvalue weighted by Gasteiger charge is -2.44. The molecule has 1 saturated heterocycles. The average molecular weight is 638 g/mol. The van der Waals surface area contributed by atoms with E-state index in [1.165, 1.54) is 0 Å². The first-order chi connectivity index (χ1) is 21.2. The monoisotopic (exact) mass is 638 g/mol. The van der Waals surface area contributed by atoms with Crippen molar-refractivity contribution in [3.05, 3.63) is 41.0 Å². The van der Waals surface area contributed by atoms with E-state index in [0.29, 0.717) is 12.1 Å². The molecule has 0 saturated carbocycles. The number of phenolic OH excluding ortho intramolecular Hbond substituents is 9. The fourth-order valence-corrected chi connectivity index (χ4v) is 5.01. The Balaban J connectivity index is 1.66. The summed E-state index contributed by atoms with van der Waals surface area (Å²) in [5, 5.41) is 135. The van der Waals surface area contributed by atoms with Crippen LogP contribution < -0.4 is 0 Å². The van der Waals surface area contributed by atoms with Gasteiger partial charge in [0, 0.05) is 22.3 Å². The van der Waals surface area contributed by atoms with E-state index in [-0.39, 0.29) is 5.56 Å². The highest BCUT2D eigenvalue weighted by atomic mass is 16.8. The Morgan fingerprint density at radius 2 is 1.27 bits per heavy atom. The molecule has 0 aliphatic carbocycles. The molecule has 3 aromatic rings. The summed E-state index contributed by atoms with van der Waals surface area (Å²) in [6.45, 7) is -0.965. The van der Waals surface area contributed by atoms with Gasteiger partial charge in [0.15, 0.2) is 58.9 Å². The molecule has 0 radical (unpaired) electrons. The van der Waals surface area contributed by atoms with Crippen LogP contribution in [0.15, 0.2) is 24.3 Å². The summed E-state index contributed by atoms with van der Waals surface area (Å²) in [6.07, 6.45) is -14.1. The summed E-state index contributed by atoms with van der Waals surface area (Å²) < 4.78 is 21.8. The highest BCUT2D eigenvalue weighted by molar-refractivity contribution is 6.03. The lowest BCUT2D eigenvalue weighted by atomic mass is 9.91. The first kappa shape index (κ1) is 31.5. The Morgan fingerprint density at radius 1 is 0.711 bits per heavy atom. The van der Waals surface area contributed by atoms with Gasteiger partial charge in [-0.05, 0) is 24.3 Å². The van der Waals surface area contributed by atoms with Crippen molar-refractivity contribution in [2.75, 3.05) is 6.61 Å². The molecule has 1 fully saturated rings. The molecule has 5 rings (SSSR count). The van der Waals surface area contributed by atoms with Crippen LogP contribution in [0, 0.1) is 0 Å². The number of fused-ring (bicyclic) bond motifs is 5. The smallest absolute Gasteiger partial charge is 0.339 e. The summed E-state index contributed by atoms with van der Waals surface area (Å²) in [6, 6.07) is 2.79. The maximum atomic E-state index is 13.6. The van der Waals surface area contributed by atoms with Crippen molar-refractivity contribution in [3.63, 3.8) is 0 Å². The molecule has 0 aromatic heterocycles. The molecule has 0 spiro atoms. The standard InChI is InChI=1S/C27H26O18/c28-5-13-22-21(38)23(27(42-13)45-24(39)6-1-9(29)16(33)10(30)2-6)44-26(41)8-4-12(32)18(35)20(37)15(8)14-7(25(40)43-22)3-11(31)17(34)19(14)36/h1-4,13,21-25,27-40H,5H2/t13-,21?,22?,23-,24?,25?,27?/m1/s1. The highest BCUT2D eigenvalue weighted by Crippen LogP contribution is 2.54. The average Bonchev–Trinajstić information content (AvgIpc) is 3.00. The van der Waals surface area contributed by atoms with Crippen molar-refractivity contribution in [3.8, 4) is 62.9 Å². The van der Waals surface area contributed by atoms with Gasteiger partial charge in [0.25, 0.3) is 0 Å². The van der Waals surface area contributed by atoms with Gasteiger partial charge in [0.1, 0.15) is 18.3 Å². The van der Waals surface area contributed by atoms with Gasteiger partial charge < -0.3 is 85.3 Å². The predicted octanol–water partition coefficient (Wildman–Crippen LogP) is -0.595. The van der Waals surface area contributed by atoms with Crippen LogP contribution in [-0.2, 0) is 18.9 Å². The molecule has 7 atom stereocenters. The van der Waals surface area contributed by atoms with Gasteiger partial charge in [-0.2, -0.15) is 0 Å². The molecular weight excluding hydrogens is 612 g/mol. The van der Waals surface area contributed by atoms with Gasteiger partial charge in [-0.25, -0.2) is 4.79 Å². The van der Waals surface area contributed by atoms with Crippen LogP contribution >= 0.6 is 0 Å². The number of hydrogen-bond acceptors (Lipinski definition) is 18. The number of ether oxygens (including phenoxy) is 4. The quantitative estimate of drug-likeness (QED) is 0.0964. The number of hydrogen-bond donors (Lipinski definition) is 13. The minimum absolute atomic E-state index is 0.376. The maximum Gasteiger partial charge on any atom is 0.339 e. The van der Waals surface area contributed by atoms with E-state index in [0.717, 1.165) is 12.1 Å². The zero-order valence-electron chi connectivity index (χ0n) is 22.4. The van der Waals surface area contributed by atoms with Crippen molar-refractivity contribution in [2.45, 2.75) is 43.3 Å². The Morgan fingerprint density at radius 3 is 1.87 bits per heavy atom. The zero-order chi connectivity index (χ0) is 33.1. The van der Waals surface area contributed by atoms with Crippen molar-refractivity contribution < 1.29 is 90.1 Å². The predicted molar refractivity (Wildman–Crippen MR) is 140 cm³/mol. The van der Waals surface area contributed by atoms with Gasteiger partial charge in [-0.15, -0.1) is 0 Å². The van der Waals surface area contributed by atoms with Crippen LogP contribution in [0.2, 0.25) is 0 Å². The number of benzene rings is 3. The van der Waals surface area contributed by atoms with Gasteiger partial charge in [-0.1, -0.05) is 0 Å². The van der Waals surface area contributed by atoms with Crippen LogP contribution in [0.5, 0.6) is 51.7 Å². The lowest BCUT2D eigenvalue weighted by molar-refractivity contribution is -0.348. The lowest BCUT2D eigenvalue weighted by Crippen LogP contribution is -2.61. The Labute approximate surface area is 250 Å². The number of aliphatic hydroxyl groups excluding tert-OH is 4. The molecular formula is C27H26O18. The molecule has 13 N–H and O–H groups in total. The molecule has 45 heavy (non-hydrogen) atoms. The summed E-state index contributed by atoms with van der Waals surface area (Å²) in [7, 11) is 0. The van der Waals surface area contributed by atoms with E-state index in [4.69, 9.17) is 18.9 Å². The van der Waals surface area contributed by atoms with Gasteiger partial charge in [0.05, 0.1) is 12.2 Å². The third-order valence-corrected chi connectivity index (χ3v) is 7.24. The molecule has 18 heteroatoms. The Kier molecular flexibility index (Phi) is 8.06. The van der Waals surface area contributed by atoms with Crippen LogP contribution in [0.25, 0.3) is 11.1 Å². The molecule has 0 amide bonds. The van der Waals surface area contributed by atoms with E-state index >= 15 is 0 Å². The second-order valence-corrected chi connectivity index (χ2v) is 10.0. The van der Waals surface area contributed by atoms with E-state index in [9.17, 15) is 71.2 Å². The molecule has 18 nitrogen and oxygen atoms in total. The first-order valence-electron chi connectivity index (χ1n) is 12.8. The van der Waals surface area contributed by atoms with E-state index in [1.54, 1.807) is 0 Å². The van der Waals surface area contributed by atoms with Gasteiger partial charge in [0.2, 0.25) is 17.8 Å². The van der Waals surface area contributed by atoms with Crippen LogP contribution in [0.3, 0.4) is 0 Å². The van der Waals surface area contributed by atoms with E-state index < -0.39 is 130 Å². The summed E-state index contributed by atoms with van der Waals surface area (Å²) in [5.74, 6) is -11.3. The van der Waals surface area contributed by atoms with Crippen LogP contribution in [0.4, 0.5) is 0 Å². The van der Waals surface area contributed by atoms with E-state index in [1.807, 2.05) is 0 Å². The van der Waals surface area contributed by atoms with Gasteiger partial charge in [-0.3, -0.25) is 0 Å². The Hall–Kier alpha value is -4.95. The number of phenols is 9. The summed E-state index contributed by atoms with van der Waals surface area (Å²) >= 11 is 0. The van der Waals surface area contributed by atoms with Crippen molar-refractivity contribution >= 4 is 5.97 Å². The molecule has 5 unspecified atom stereocenters. The third-order valence-electron chi connectivity index (χ3n) is 7.24. The number of esters is 1. The maximum absolute atomic E-state index is 13.6. The fourth-order valence-electron chi connectivity index (χ4n) is 5.01. The van der Waals surface area contributed by atoms with E-state index in [2.05, 4.69) is 0 Å². The molecule has 3 aromatic carbocycles. The zero-order valence-corrected chi connectivity index (χ0v) is 22.4. The van der Waals surface area contributed by atoms with Crippen LogP contribution in [-0.4, -0.2) is 110 Å². The SMILES string of the molecule is O=C1O[C@H]2C(OC(O)c3cc(O)c(O)c(O)c3)O[C@H](CO)C(OC(O)c3cc(O)c(O)c(O)c3-c3c1cc(O)c(O)c3O)C2O. The van der Waals surface area contributed by atoms with Crippen LogP contribution in [0.1, 0.15) is 34.1 Å². The summed E-state index contributed by atoms with van der Waals surface area (Å²) in [4.78, 5) is 13.6. The summed E-state index contributed by atoms with van der Waals surface area (Å²) in [5.41, 5.74) is -3.57. The molecule has 2 bridgehead atoms. The first-order valence-corrected chi connectivity index (χ1v) is 12.8. The number of aliphatic hydroxyl groups is 4. The molecule has 242 valence electrons. The Bertz CT molecular complexity index is 1630. The minimum atomic E-state index is -2.32. The third kappa shape index (κ3) is 5.25. The van der Waals surface area contributed by atoms with Crippen molar-refractivity contribution in [1.29, 1.82) is 0 Å². The second-order valence-electron chi connectivity index (χ2n) is 10.0. The van der Waals surface area contributed by atoms with Crippen molar-refractivity contribution in [1.82, 2.24) is 0 Å². The van der Waals surface area contributed by atoms with Crippen molar-refractivity contribution in [2.24, 2.45) is 0 Å². The minimum Gasteiger partial charge on any atom is -0.504 e. The number of carbonyl (C=O) groups is 1. The fraction of sp³-hybridized carbons (Fsp3) is 0.296.